The van der Waals surface area contributed by atoms with Crippen molar-refractivity contribution in [3.8, 4) is 0 Å². The first-order chi connectivity index (χ1) is 13.4. The van der Waals surface area contributed by atoms with E-state index in [0.29, 0.717) is 12.2 Å². The summed E-state index contributed by atoms with van der Waals surface area (Å²) in [6.07, 6.45) is 6.71. The maximum absolute atomic E-state index is 12.0. The Morgan fingerprint density at radius 3 is 2.75 bits per heavy atom. The first-order valence-electron chi connectivity index (χ1n) is 9.87. The average Bonchev–Trinajstić information content (AvgIpc) is 3.02. The Morgan fingerprint density at radius 2 is 2.00 bits per heavy atom. The molecule has 2 N–H and O–H groups in total. The minimum absolute atomic E-state index is 0.114. The molecule has 0 aromatic carbocycles. The van der Waals surface area contributed by atoms with Crippen molar-refractivity contribution in [1.29, 1.82) is 0 Å². The van der Waals surface area contributed by atoms with Crippen LogP contribution in [0, 0.1) is 6.92 Å². The second-order valence-corrected chi connectivity index (χ2v) is 9.17. The Labute approximate surface area is 170 Å². The van der Waals surface area contributed by atoms with Gasteiger partial charge in [-0.15, -0.1) is 0 Å². The van der Waals surface area contributed by atoms with E-state index in [1.165, 1.54) is 36.4 Å². The lowest BCUT2D eigenvalue weighted by atomic mass is 10.1. The maximum atomic E-state index is 12.0. The fourth-order valence-electron chi connectivity index (χ4n) is 3.07. The lowest BCUT2D eigenvalue weighted by Crippen LogP contribution is -2.33. The van der Waals surface area contributed by atoms with Crippen LogP contribution in [0.5, 0.6) is 0 Å². The van der Waals surface area contributed by atoms with E-state index in [4.69, 9.17) is 25.6 Å². The van der Waals surface area contributed by atoms with Crippen molar-refractivity contribution in [3.05, 3.63) is 32.6 Å². The summed E-state index contributed by atoms with van der Waals surface area (Å²) in [6, 6.07) is 0. The van der Waals surface area contributed by atoms with Crippen molar-refractivity contribution >= 4 is 19.0 Å². The number of aromatic nitrogens is 2. The molecule has 0 radical (unpaired) electrons. The molecule has 8 nitrogen and oxygen atoms in total. The van der Waals surface area contributed by atoms with Gasteiger partial charge in [-0.2, -0.15) is 0 Å². The third-order valence-corrected chi connectivity index (χ3v) is 6.29. The van der Waals surface area contributed by atoms with Crippen molar-refractivity contribution in [1.82, 2.24) is 9.55 Å². The Bertz CT molecular complexity index is 752. The summed E-state index contributed by atoms with van der Waals surface area (Å²) in [5, 5.41) is 10.2. The molecule has 1 unspecified atom stereocenters. The molecule has 10 heteroatoms. The van der Waals surface area contributed by atoms with Crippen molar-refractivity contribution in [3.63, 3.8) is 0 Å². The monoisotopic (exact) mass is 434 g/mol. The number of rotatable bonds is 12. The van der Waals surface area contributed by atoms with Gasteiger partial charge in [0.2, 0.25) is 0 Å². The standard InChI is InChI=1S/C18H31N2O6PS/c1-3-4-5-6-7-8-9-24-27(28)25-12-15-14(21)10-16(26-15)20-11-13(2)17(22)19-18(20)23/h11,14-16,21,27H,3-10,12H2,1-2H3,(H,19,22,23)/t14-,15-,16-/m1/s1. The minimum atomic E-state index is -1.82. The number of hydrogen-bond donors (Lipinski definition) is 2. The van der Waals surface area contributed by atoms with Gasteiger partial charge in [0.15, 0.2) is 7.15 Å². The minimum Gasteiger partial charge on any atom is -0.390 e. The van der Waals surface area contributed by atoms with Crippen LogP contribution in [0.3, 0.4) is 0 Å². The van der Waals surface area contributed by atoms with E-state index in [2.05, 4.69) is 11.9 Å². The van der Waals surface area contributed by atoms with Gasteiger partial charge in [0, 0.05) is 18.2 Å². The number of H-pyrrole nitrogens is 1. The molecule has 28 heavy (non-hydrogen) atoms. The Kier molecular flexibility index (Phi) is 10.0. The van der Waals surface area contributed by atoms with Crippen LogP contribution in [0.15, 0.2) is 15.8 Å². The summed E-state index contributed by atoms with van der Waals surface area (Å²) >= 11 is 5.23. The van der Waals surface area contributed by atoms with Gasteiger partial charge in [0.05, 0.1) is 19.3 Å². The van der Waals surface area contributed by atoms with E-state index < -0.39 is 36.8 Å². The quantitative estimate of drug-likeness (QED) is 0.385. The highest BCUT2D eigenvalue weighted by Crippen LogP contribution is 2.31. The normalized spacial score (nSPS) is 23.2. The van der Waals surface area contributed by atoms with Crippen molar-refractivity contribution in [2.24, 2.45) is 0 Å². The highest BCUT2D eigenvalue weighted by Gasteiger charge is 2.35. The lowest BCUT2D eigenvalue weighted by Gasteiger charge is -2.17. The van der Waals surface area contributed by atoms with Crippen LogP contribution in [0.2, 0.25) is 0 Å². The smallest absolute Gasteiger partial charge is 0.330 e. The predicted octanol–water partition coefficient (Wildman–Crippen LogP) is 2.39. The van der Waals surface area contributed by atoms with E-state index in [1.807, 2.05) is 0 Å². The molecule has 1 aliphatic heterocycles. The van der Waals surface area contributed by atoms with Crippen LogP contribution in [0.25, 0.3) is 0 Å². The van der Waals surface area contributed by atoms with E-state index in [0.717, 1.165) is 12.8 Å². The van der Waals surface area contributed by atoms with Crippen LogP contribution < -0.4 is 11.2 Å². The number of aliphatic hydroxyl groups excluding tert-OH is 1. The van der Waals surface area contributed by atoms with Gasteiger partial charge in [0.1, 0.15) is 12.3 Å². The fraction of sp³-hybridized carbons (Fsp3) is 0.778. The van der Waals surface area contributed by atoms with Crippen LogP contribution >= 0.6 is 7.15 Å². The van der Waals surface area contributed by atoms with Gasteiger partial charge in [-0.05, 0) is 25.2 Å². The molecular formula is C18H31N2O6PS. The molecule has 1 aromatic rings. The summed E-state index contributed by atoms with van der Waals surface area (Å²) < 4.78 is 18.2. The first-order valence-corrected chi connectivity index (χ1v) is 12.3. The van der Waals surface area contributed by atoms with Gasteiger partial charge in [-0.25, -0.2) is 4.79 Å². The first kappa shape index (κ1) is 23.4. The van der Waals surface area contributed by atoms with E-state index in [1.54, 1.807) is 6.92 Å². The average molecular weight is 434 g/mol. The maximum Gasteiger partial charge on any atom is 0.330 e. The molecule has 4 atom stereocenters. The van der Waals surface area contributed by atoms with Gasteiger partial charge in [-0.3, -0.25) is 14.3 Å². The topological polar surface area (TPSA) is 103 Å². The Morgan fingerprint density at radius 1 is 1.29 bits per heavy atom. The fourth-order valence-corrected chi connectivity index (χ4v) is 4.21. The lowest BCUT2D eigenvalue weighted by molar-refractivity contribution is -0.0405. The zero-order valence-electron chi connectivity index (χ0n) is 16.5. The van der Waals surface area contributed by atoms with Crippen molar-refractivity contribution in [2.45, 2.75) is 77.2 Å². The molecule has 0 bridgehead atoms. The molecule has 1 saturated heterocycles. The molecular weight excluding hydrogens is 403 g/mol. The van der Waals surface area contributed by atoms with Crippen LogP contribution in [-0.4, -0.2) is 40.1 Å². The van der Waals surface area contributed by atoms with Crippen LogP contribution in [-0.2, 0) is 25.6 Å². The second kappa shape index (κ2) is 12.0. The summed E-state index contributed by atoms with van der Waals surface area (Å²) in [5.74, 6) is 0. The molecule has 160 valence electrons. The number of unbranched alkanes of at least 4 members (excludes halogenated alkanes) is 5. The number of nitrogens with one attached hydrogen (secondary N) is 1. The van der Waals surface area contributed by atoms with Gasteiger partial charge < -0.3 is 18.9 Å². The highest BCUT2D eigenvalue weighted by molar-refractivity contribution is 8.00. The molecule has 1 aliphatic rings. The number of hydrogen-bond acceptors (Lipinski definition) is 7. The van der Waals surface area contributed by atoms with Crippen LogP contribution in [0.1, 0.15) is 63.7 Å². The molecule has 0 aliphatic carbocycles. The summed E-state index contributed by atoms with van der Waals surface area (Å²) in [6.45, 7) is 4.50. The van der Waals surface area contributed by atoms with E-state index >= 15 is 0 Å². The Hall–Kier alpha value is -0.830. The molecule has 0 amide bonds. The van der Waals surface area contributed by atoms with Gasteiger partial charge in [-0.1, -0.05) is 39.0 Å². The number of aryl methyl sites for hydroxylation is 1. The zero-order chi connectivity index (χ0) is 20.5. The zero-order valence-corrected chi connectivity index (χ0v) is 18.3. The second-order valence-electron chi connectivity index (χ2n) is 7.09. The van der Waals surface area contributed by atoms with E-state index in [-0.39, 0.29) is 13.0 Å². The van der Waals surface area contributed by atoms with Crippen molar-refractivity contribution < 1.29 is 18.9 Å². The summed E-state index contributed by atoms with van der Waals surface area (Å²) in [7, 11) is -1.82. The number of ether oxygens (including phenoxy) is 1. The number of nitrogens with zero attached hydrogens (tertiary/aromatic N) is 1. The Balaban J connectivity index is 1.72. The highest BCUT2D eigenvalue weighted by atomic mass is 32.4. The van der Waals surface area contributed by atoms with Crippen molar-refractivity contribution in [2.75, 3.05) is 13.2 Å². The van der Waals surface area contributed by atoms with Crippen LogP contribution in [0.4, 0.5) is 0 Å². The number of aliphatic hydroxyl groups is 1. The predicted molar refractivity (Wildman–Crippen MR) is 112 cm³/mol. The molecule has 0 saturated carbocycles. The van der Waals surface area contributed by atoms with Gasteiger partial charge in [0.25, 0.3) is 5.56 Å². The molecule has 1 aromatic heterocycles. The summed E-state index contributed by atoms with van der Waals surface area (Å²) in [4.78, 5) is 25.7. The number of aromatic amines is 1. The molecule has 1 fully saturated rings. The third kappa shape index (κ3) is 7.21. The molecule has 0 spiro atoms. The largest absolute Gasteiger partial charge is 0.390 e. The SMILES string of the molecule is CCCCCCCCO[PH](=S)OC[C@H]1O[C@@H](n2cc(C)c(=O)[nH]c2=O)C[C@H]1O. The molecule has 2 rings (SSSR count). The third-order valence-electron chi connectivity index (χ3n) is 4.74. The summed E-state index contributed by atoms with van der Waals surface area (Å²) in [5.41, 5.74) is -0.596. The van der Waals surface area contributed by atoms with Gasteiger partial charge >= 0.3 is 5.69 Å². The van der Waals surface area contributed by atoms with E-state index in [9.17, 15) is 14.7 Å². The molecule has 2 heterocycles.